The number of hydrogen-bond acceptors (Lipinski definition) is 0. The van der Waals surface area contributed by atoms with Gasteiger partial charge in [-0.15, -0.1) is 0 Å². The van der Waals surface area contributed by atoms with E-state index in [1.54, 1.807) is 0 Å². The fourth-order valence-electron chi connectivity index (χ4n) is 9.53. The third kappa shape index (κ3) is 5.73. The molecule has 0 aliphatic heterocycles. The second-order valence-corrected chi connectivity index (χ2v) is 15.8. The number of benzene rings is 9. The first-order chi connectivity index (χ1) is 30.3. The van der Waals surface area contributed by atoms with Crippen molar-refractivity contribution in [2.24, 2.45) is 0 Å². The normalized spacial score (nSPS) is 11.6. The Morgan fingerprint density at radius 1 is 0.290 bits per heavy atom. The van der Waals surface area contributed by atoms with Crippen molar-refractivity contribution in [3.05, 3.63) is 182 Å². The van der Waals surface area contributed by atoms with Crippen molar-refractivity contribution in [1.82, 2.24) is 9.13 Å². The van der Waals surface area contributed by atoms with Gasteiger partial charge in [0.05, 0.1) is 11.0 Å². The summed E-state index contributed by atoms with van der Waals surface area (Å²) in [5, 5.41) is 3.31. The third-order valence-corrected chi connectivity index (χ3v) is 12.3. The Labute approximate surface area is 368 Å². The van der Waals surface area contributed by atoms with Crippen molar-refractivity contribution in [1.29, 1.82) is 0 Å². The summed E-state index contributed by atoms with van der Waals surface area (Å²) in [5.74, 6) is 0. The van der Waals surface area contributed by atoms with E-state index in [1.807, 2.05) is 72.8 Å². The molecule has 0 bridgehead atoms. The van der Waals surface area contributed by atoms with Crippen LogP contribution in [0, 0.1) is 0 Å². The maximum Gasteiger partial charge on any atom is 0.115 e. The molecule has 0 fully saturated rings. The number of fused-ring (bicyclic) bond motifs is 6. The van der Waals surface area contributed by atoms with Crippen molar-refractivity contribution >= 4 is 123 Å². The first-order valence-corrected chi connectivity index (χ1v) is 20.5. The zero-order valence-corrected chi connectivity index (χ0v) is 33.7. The first-order valence-electron chi connectivity index (χ1n) is 20.5. The largest absolute Gasteiger partial charge is 0.310 e. The lowest BCUT2D eigenvalue weighted by Crippen LogP contribution is -2.41. The van der Waals surface area contributed by atoms with Gasteiger partial charge >= 0.3 is 0 Å². The summed E-state index contributed by atoms with van der Waals surface area (Å²) in [6.45, 7) is 0. The third-order valence-electron chi connectivity index (χ3n) is 12.3. The van der Waals surface area contributed by atoms with E-state index in [-0.39, 0.29) is 10.9 Å². The zero-order valence-electron chi connectivity index (χ0n) is 33.7. The number of aromatic nitrogens is 2. The maximum atomic E-state index is 7.55. The average molecular weight is 772 g/mol. The molecule has 0 spiro atoms. The Hall–Kier alpha value is -7.03. The maximum absolute atomic E-state index is 7.55. The van der Waals surface area contributed by atoms with Gasteiger partial charge in [-0.1, -0.05) is 178 Å². The molecule has 0 N–H and O–H groups in total. The van der Waals surface area contributed by atoms with Crippen LogP contribution in [0.5, 0.6) is 0 Å². The molecule has 0 unspecified atom stereocenters. The molecule has 2 aromatic heterocycles. The highest BCUT2D eigenvalue weighted by Crippen LogP contribution is 2.39. The average Bonchev–Trinajstić information content (AvgIpc) is 3.87. The fraction of sp³-hybridized carbons (Fsp3) is 0. The van der Waals surface area contributed by atoms with Gasteiger partial charge in [0.2, 0.25) is 0 Å². The minimum atomic E-state index is 0.260. The zero-order chi connectivity index (χ0) is 42.2. The van der Waals surface area contributed by atoms with E-state index in [4.69, 9.17) is 47.1 Å². The molecule has 0 amide bonds. The summed E-state index contributed by atoms with van der Waals surface area (Å²) in [4.78, 5) is 0. The second-order valence-electron chi connectivity index (χ2n) is 15.8. The van der Waals surface area contributed by atoms with Crippen molar-refractivity contribution < 1.29 is 0 Å². The Morgan fingerprint density at radius 3 is 1.27 bits per heavy atom. The van der Waals surface area contributed by atoms with Crippen LogP contribution in [0.1, 0.15) is 0 Å². The van der Waals surface area contributed by atoms with E-state index in [9.17, 15) is 0 Å². The van der Waals surface area contributed by atoms with Gasteiger partial charge in [0.1, 0.15) is 47.1 Å². The van der Waals surface area contributed by atoms with Gasteiger partial charge in [-0.05, 0) is 80.9 Å². The van der Waals surface area contributed by atoms with Gasteiger partial charge in [0.15, 0.2) is 0 Å². The first kappa shape index (κ1) is 37.9. The van der Waals surface area contributed by atoms with Crippen LogP contribution in [-0.4, -0.2) is 56.2 Å². The van der Waals surface area contributed by atoms with Crippen molar-refractivity contribution in [3.8, 4) is 55.9 Å². The summed E-state index contributed by atoms with van der Waals surface area (Å²) in [7, 11) is 44.0. The number of hydrogen-bond donors (Lipinski definition) is 0. The number of rotatable bonds is 6. The monoisotopic (exact) mass is 772 g/mol. The van der Waals surface area contributed by atoms with Gasteiger partial charge < -0.3 is 9.13 Å². The quantitative estimate of drug-likeness (QED) is 0.157. The predicted molar refractivity (Wildman–Crippen MR) is 269 cm³/mol. The van der Waals surface area contributed by atoms with E-state index in [2.05, 4.69) is 118 Å². The van der Waals surface area contributed by atoms with Crippen LogP contribution < -0.4 is 32.8 Å². The molecule has 8 heteroatoms. The molecule has 0 atom stereocenters. The molecule has 2 nitrogen and oxygen atoms in total. The lowest BCUT2D eigenvalue weighted by atomic mass is 9.63. The lowest BCUT2D eigenvalue weighted by Gasteiger charge is -2.25. The molecular formula is C54H30B6N2. The molecule has 0 aliphatic rings. The topological polar surface area (TPSA) is 9.86 Å². The molecule has 12 radical (unpaired) electrons. The van der Waals surface area contributed by atoms with Crippen LogP contribution in [0.15, 0.2) is 182 Å². The molecule has 9 aromatic carbocycles. The Bertz CT molecular complexity index is 3580. The lowest BCUT2D eigenvalue weighted by molar-refractivity contribution is 1.19. The summed E-state index contributed by atoms with van der Waals surface area (Å²) in [6, 6.07) is 62.0. The fourth-order valence-corrected chi connectivity index (χ4v) is 9.53. The minimum Gasteiger partial charge on any atom is -0.310 e. The summed E-state index contributed by atoms with van der Waals surface area (Å²) in [6.07, 6.45) is 0. The Kier molecular flexibility index (Phi) is 9.09. The van der Waals surface area contributed by atoms with E-state index < -0.39 is 0 Å². The van der Waals surface area contributed by atoms with Crippen LogP contribution >= 0.6 is 0 Å². The van der Waals surface area contributed by atoms with Crippen molar-refractivity contribution in [2.75, 3.05) is 0 Å². The van der Waals surface area contributed by atoms with Crippen LogP contribution in [0.4, 0.5) is 0 Å². The number of para-hydroxylation sites is 1. The van der Waals surface area contributed by atoms with Crippen molar-refractivity contribution in [2.45, 2.75) is 0 Å². The highest BCUT2D eigenvalue weighted by molar-refractivity contribution is 6.65. The molecule has 62 heavy (non-hydrogen) atoms. The van der Waals surface area contributed by atoms with Gasteiger partial charge in [0.25, 0.3) is 0 Å². The van der Waals surface area contributed by atoms with Gasteiger partial charge in [-0.3, -0.25) is 0 Å². The highest BCUT2D eigenvalue weighted by atomic mass is 15.0. The Balaban J connectivity index is 1.23. The number of nitrogens with zero attached hydrogens (tertiary/aromatic N) is 2. The minimum absolute atomic E-state index is 0.260. The predicted octanol–water partition coefficient (Wildman–Crippen LogP) is 7.31. The van der Waals surface area contributed by atoms with Gasteiger partial charge in [0, 0.05) is 44.0 Å². The molecule has 0 aliphatic carbocycles. The molecule has 11 aromatic rings. The van der Waals surface area contributed by atoms with E-state index in [0.717, 1.165) is 77.3 Å². The molecular weight excluding hydrogens is 741 g/mol. The smallest absolute Gasteiger partial charge is 0.115 e. The summed E-state index contributed by atoms with van der Waals surface area (Å²) >= 11 is 0. The van der Waals surface area contributed by atoms with E-state index in [1.165, 1.54) is 0 Å². The summed E-state index contributed by atoms with van der Waals surface area (Å²) in [5.41, 5.74) is 14.3. The van der Waals surface area contributed by atoms with Crippen LogP contribution in [0.3, 0.4) is 0 Å². The molecule has 274 valence electrons. The molecule has 0 saturated heterocycles. The van der Waals surface area contributed by atoms with E-state index >= 15 is 0 Å². The standard InChI is InChI=1S/C54H30B6N2/c55-47-43-39-25-10-11-27-40(39)61(36-23-12-21-34(29-36)31-15-4-1-5-16-31)53(43)51(59)49(57)44(47)45-48(56)46-42-38(33-19-8-3-9-20-33)26-14-28-41(42)62(54(46)52(60)50(45)58)37-24-13-22-35(30-37)32-17-6-2-7-18-32/h1-30H. The van der Waals surface area contributed by atoms with Crippen LogP contribution in [-0.2, 0) is 0 Å². The summed E-state index contributed by atoms with van der Waals surface area (Å²) < 4.78 is 4.30. The SMILES string of the molecule is [B]c1c(-c2c([B])c([B])c3c(c2[B])c2c(-c4ccccc4)cccc2n3-c2cccc(-c3ccccc3)c2)c([B])c2c3ccccc3n(-c3cccc(-c4ccccc4)c3)c2c1[B]. The van der Waals surface area contributed by atoms with Crippen LogP contribution in [0.2, 0.25) is 0 Å². The van der Waals surface area contributed by atoms with Crippen molar-refractivity contribution in [3.63, 3.8) is 0 Å². The van der Waals surface area contributed by atoms with Gasteiger partial charge in [-0.2, -0.15) is 0 Å². The second kappa shape index (κ2) is 14.9. The highest BCUT2D eigenvalue weighted by Gasteiger charge is 2.27. The molecule has 2 heterocycles. The van der Waals surface area contributed by atoms with Crippen LogP contribution in [0.25, 0.3) is 99.5 Å². The molecule has 11 rings (SSSR count). The van der Waals surface area contributed by atoms with Gasteiger partial charge in [-0.25, -0.2) is 0 Å². The van der Waals surface area contributed by atoms with E-state index in [0.29, 0.717) is 44.0 Å². The Morgan fingerprint density at radius 2 is 0.710 bits per heavy atom. The molecule has 0 saturated carbocycles.